The summed E-state index contributed by atoms with van der Waals surface area (Å²) < 4.78 is 47.1. The van der Waals surface area contributed by atoms with Crippen LogP contribution in [0.5, 0.6) is 0 Å². The number of halogens is 3. The van der Waals surface area contributed by atoms with Gasteiger partial charge in [-0.3, -0.25) is 4.79 Å². The number of carbonyl (C=O) groups is 2. The molecule has 1 amide bonds. The Kier molecular flexibility index (Phi) is 6.95. The second kappa shape index (κ2) is 10.1. The predicted octanol–water partition coefficient (Wildman–Crippen LogP) is 4.63. The lowest BCUT2D eigenvalue weighted by Gasteiger charge is -2.17. The molecular weight excluding hydrogens is 451 g/mol. The number of aromatic nitrogens is 2. The third-order valence-electron chi connectivity index (χ3n) is 5.89. The minimum Gasteiger partial charge on any atom is -0.480 e. The first-order valence-corrected chi connectivity index (χ1v) is 10.9. The molecule has 7 nitrogen and oxygen atoms in total. The molecule has 10 heteroatoms. The van der Waals surface area contributed by atoms with Crippen LogP contribution in [-0.2, 0) is 11.2 Å². The van der Waals surface area contributed by atoms with Crippen LogP contribution < -0.4 is 5.32 Å². The maximum atomic E-state index is 14.8. The Morgan fingerprint density at radius 3 is 2.50 bits per heavy atom. The number of carbonyl (C=O) groups excluding carboxylic acids is 1. The fourth-order valence-electron chi connectivity index (χ4n) is 4.07. The molecule has 34 heavy (non-hydrogen) atoms. The summed E-state index contributed by atoms with van der Waals surface area (Å²) in [5.74, 6) is -4.31. The van der Waals surface area contributed by atoms with E-state index in [4.69, 9.17) is 4.52 Å². The zero-order valence-electron chi connectivity index (χ0n) is 18.1. The second-order valence-corrected chi connectivity index (χ2v) is 8.30. The van der Waals surface area contributed by atoms with Gasteiger partial charge in [0, 0.05) is 18.4 Å². The molecule has 2 N–H and O–H groups in total. The number of rotatable bonds is 7. The number of hydrogen-bond acceptors (Lipinski definition) is 5. The van der Waals surface area contributed by atoms with E-state index in [1.165, 1.54) is 18.6 Å². The first-order chi connectivity index (χ1) is 16.3. The first-order valence-electron chi connectivity index (χ1n) is 10.9. The van der Waals surface area contributed by atoms with Gasteiger partial charge >= 0.3 is 5.97 Å². The predicted molar refractivity (Wildman–Crippen MR) is 114 cm³/mol. The Morgan fingerprint density at radius 1 is 1.06 bits per heavy atom. The highest BCUT2D eigenvalue weighted by Gasteiger charge is 2.25. The second-order valence-electron chi connectivity index (χ2n) is 8.30. The van der Waals surface area contributed by atoms with Gasteiger partial charge in [0.15, 0.2) is 0 Å². The van der Waals surface area contributed by atoms with Crippen molar-refractivity contribution in [2.45, 2.75) is 50.5 Å². The van der Waals surface area contributed by atoms with Crippen LogP contribution in [0.15, 0.2) is 40.9 Å². The van der Waals surface area contributed by atoms with E-state index in [0.717, 1.165) is 43.9 Å². The highest BCUT2D eigenvalue weighted by atomic mass is 19.1. The molecule has 1 aliphatic carbocycles. The molecule has 0 radical (unpaired) electrons. The van der Waals surface area contributed by atoms with Gasteiger partial charge in [-0.1, -0.05) is 30.5 Å². The summed E-state index contributed by atoms with van der Waals surface area (Å²) in [4.78, 5) is 28.3. The maximum Gasteiger partial charge on any atom is 0.326 e. The Labute approximate surface area is 193 Å². The molecule has 4 rings (SSSR count). The monoisotopic (exact) mass is 473 g/mol. The molecule has 1 heterocycles. The van der Waals surface area contributed by atoms with E-state index in [-0.39, 0.29) is 29.3 Å². The summed E-state index contributed by atoms with van der Waals surface area (Å²) in [6.45, 7) is 0. The van der Waals surface area contributed by atoms with Crippen LogP contribution >= 0.6 is 0 Å². The normalized spacial score (nSPS) is 15.1. The number of benzene rings is 2. The molecule has 1 unspecified atom stereocenters. The molecule has 0 spiro atoms. The van der Waals surface area contributed by atoms with E-state index in [9.17, 15) is 27.9 Å². The highest BCUT2D eigenvalue weighted by Crippen LogP contribution is 2.33. The van der Waals surface area contributed by atoms with Crippen molar-refractivity contribution in [3.63, 3.8) is 0 Å². The van der Waals surface area contributed by atoms with Crippen molar-refractivity contribution in [1.82, 2.24) is 15.5 Å². The summed E-state index contributed by atoms with van der Waals surface area (Å²) in [6.07, 6.45) is 4.98. The minimum absolute atomic E-state index is 0.110. The number of aliphatic carboxylic acids is 1. The summed E-state index contributed by atoms with van der Waals surface area (Å²) >= 11 is 0. The Hall–Kier alpha value is -3.69. The largest absolute Gasteiger partial charge is 0.480 e. The summed E-state index contributed by atoms with van der Waals surface area (Å²) in [7, 11) is 0. The number of nitrogens with one attached hydrogen (secondary N) is 1. The van der Waals surface area contributed by atoms with Crippen LogP contribution in [0.2, 0.25) is 0 Å². The maximum absolute atomic E-state index is 14.8. The van der Waals surface area contributed by atoms with E-state index in [2.05, 4.69) is 15.5 Å². The van der Waals surface area contributed by atoms with Gasteiger partial charge < -0.3 is 14.9 Å². The number of hydrogen-bond donors (Lipinski definition) is 2. The fourth-order valence-corrected chi connectivity index (χ4v) is 4.07. The van der Waals surface area contributed by atoms with E-state index in [1.807, 2.05) is 0 Å². The molecule has 1 saturated carbocycles. The summed E-state index contributed by atoms with van der Waals surface area (Å²) in [5, 5.41) is 15.6. The Bertz CT molecular complexity index is 1210. The zero-order chi connectivity index (χ0) is 24.2. The van der Waals surface area contributed by atoms with Gasteiger partial charge in [-0.05, 0) is 42.7 Å². The molecule has 1 aliphatic rings. The SMILES string of the molecule is O=C(NC(Cc1ccc(-c2noc(C3CCCCC3)n2)c(F)c1)C(=O)O)c1ccc(F)cc1F. The van der Waals surface area contributed by atoms with Gasteiger partial charge in [-0.15, -0.1) is 0 Å². The number of nitrogens with zero attached hydrogens (tertiary/aromatic N) is 2. The molecule has 0 aliphatic heterocycles. The van der Waals surface area contributed by atoms with E-state index < -0.39 is 40.9 Å². The lowest BCUT2D eigenvalue weighted by atomic mass is 9.89. The van der Waals surface area contributed by atoms with Gasteiger partial charge in [0.25, 0.3) is 5.91 Å². The van der Waals surface area contributed by atoms with Crippen LogP contribution in [0.4, 0.5) is 13.2 Å². The van der Waals surface area contributed by atoms with Gasteiger partial charge in [0.1, 0.15) is 23.5 Å². The minimum atomic E-state index is -1.47. The van der Waals surface area contributed by atoms with E-state index in [1.54, 1.807) is 0 Å². The van der Waals surface area contributed by atoms with E-state index >= 15 is 0 Å². The molecule has 0 bridgehead atoms. The number of carboxylic acid groups (broad SMARTS) is 1. The van der Waals surface area contributed by atoms with Crippen molar-refractivity contribution in [3.8, 4) is 11.4 Å². The van der Waals surface area contributed by atoms with Crippen molar-refractivity contribution in [1.29, 1.82) is 0 Å². The average Bonchev–Trinajstić information content (AvgIpc) is 3.29. The van der Waals surface area contributed by atoms with Crippen LogP contribution in [0.3, 0.4) is 0 Å². The summed E-state index contributed by atoms with van der Waals surface area (Å²) in [6, 6.07) is 4.91. The third-order valence-corrected chi connectivity index (χ3v) is 5.89. The molecule has 1 fully saturated rings. The van der Waals surface area contributed by atoms with Crippen molar-refractivity contribution in [3.05, 3.63) is 70.9 Å². The van der Waals surface area contributed by atoms with Crippen molar-refractivity contribution in [2.24, 2.45) is 0 Å². The fraction of sp³-hybridized carbons (Fsp3) is 0.333. The van der Waals surface area contributed by atoms with Gasteiger partial charge in [-0.2, -0.15) is 4.98 Å². The van der Waals surface area contributed by atoms with Crippen LogP contribution in [0.25, 0.3) is 11.4 Å². The third kappa shape index (κ3) is 5.27. The summed E-state index contributed by atoms with van der Waals surface area (Å²) in [5.41, 5.74) is -0.108. The lowest BCUT2D eigenvalue weighted by molar-refractivity contribution is -0.139. The molecule has 1 aromatic heterocycles. The van der Waals surface area contributed by atoms with E-state index in [0.29, 0.717) is 12.0 Å². The quantitative estimate of drug-likeness (QED) is 0.519. The van der Waals surface area contributed by atoms with Crippen molar-refractivity contribution >= 4 is 11.9 Å². The van der Waals surface area contributed by atoms with Crippen molar-refractivity contribution < 1.29 is 32.4 Å². The average molecular weight is 473 g/mol. The molecule has 178 valence electrons. The van der Waals surface area contributed by atoms with Crippen LogP contribution in [0, 0.1) is 17.5 Å². The van der Waals surface area contributed by atoms with Gasteiger partial charge in [0.2, 0.25) is 11.7 Å². The number of carboxylic acids is 1. The Morgan fingerprint density at radius 2 is 1.82 bits per heavy atom. The first kappa shape index (κ1) is 23.5. The highest BCUT2D eigenvalue weighted by molar-refractivity contribution is 5.96. The lowest BCUT2D eigenvalue weighted by Crippen LogP contribution is -2.42. The smallest absolute Gasteiger partial charge is 0.326 e. The molecule has 3 aromatic rings. The van der Waals surface area contributed by atoms with Crippen LogP contribution in [0.1, 0.15) is 59.8 Å². The molecule has 0 saturated heterocycles. The van der Waals surface area contributed by atoms with Crippen LogP contribution in [-0.4, -0.2) is 33.2 Å². The topological polar surface area (TPSA) is 105 Å². The van der Waals surface area contributed by atoms with Crippen molar-refractivity contribution in [2.75, 3.05) is 0 Å². The standard InChI is InChI=1S/C24H22F3N3O4/c25-15-7-9-17(19(27)12-15)22(31)28-20(24(32)33)11-13-6-8-16(18(26)10-13)21-29-23(34-30-21)14-4-2-1-3-5-14/h6-10,12,14,20H,1-5,11H2,(H,28,31)(H,32,33). The molecular formula is C24H22F3N3O4. The van der Waals surface area contributed by atoms with Gasteiger partial charge in [0.05, 0.1) is 11.1 Å². The zero-order valence-corrected chi connectivity index (χ0v) is 18.1. The molecule has 2 aromatic carbocycles. The Balaban J connectivity index is 1.47. The molecule has 1 atom stereocenters. The van der Waals surface area contributed by atoms with Gasteiger partial charge in [-0.25, -0.2) is 18.0 Å². The number of amides is 1.